The molecular formula is C9H8BrN3O2S2. The first-order chi connectivity index (χ1) is 7.99. The van der Waals surface area contributed by atoms with E-state index in [1.165, 1.54) is 30.1 Å². The van der Waals surface area contributed by atoms with E-state index in [1.54, 1.807) is 13.0 Å². The quantitative estimate of drug-likeness (QED) is 0.936. The van der Waals surface area contributed by atoms with Crippen LogP contribution in [0.4, 0.5) is 5.69 Å². The number of nitrogens with zero attached hydrogens (tertiary/aromatic N) is 2. The first-order valence-corrected chi connectivity index (χ1v) is 7.62. The summed E-state index contributed by atoms with van der Waals surface area (Å²) in [5.41, 5.74) is 0.342. The van der Waals surface area contributed by atoms with Gasteiger partial charge in [0.2, 0.25) is 0 Å². The first-order valence-electron chi connectivity index (χ1n) is 4.53. The predicted octanol–water partition coefficient (Wildman–Crippen LogP) is 2.41. The van der Waals surface area contributed by atoms with Gasteiger partial charge in [-0.1, -0.05) is 0 Å². The van der Waals surface area contributed by atoms with E-state index < -0.39 is 10.0 Å². The molecule has 0 spiro atoms. The van der Waals surface area contributed by atoms with E-state index in [1.807, 2.05) is 0 Å². The first kappa shape index (κ1) is 12.5. The second-order valence-electron chi connectivity index (χ2n) is 3.20. The largest absolute Gasteiger partial charge is 0.276 e. The Morgan fingerprint density at radius 1 is 1.35 bits per heavy atom. The van der Waals surface area contributed by atoms with Crippen molar-refractivity contribution in [3.05, 3.63) is 33.5 Å². The Bertz CT molecular complexity index is 625. The number of thiophene rings is 1. The molecule has 8 heteroatoms. The number of sulfonamides is 1. The van der Waals surface area contributed by atoms with Crippen molar-refractivity contribution in [2.24, 2.45) is 0 Å². The highest BCUT2D eigenvalue weighted by atomic mass is 79.9. The van der Waals surface area contributed by atoms with Crippen LogP contribution < -0.4 is 4.72 Å². The number of halogens is 1. The molecule has 5 nitrogen and oxygen atoms in total. The van der Waals surface area contributed by atoms with Crippen molar-refractivity contribution in [2.75, 3.05) is 4.72 Å². The molecule has 0 aliphatic rings. The van der Waals surface area contributed by atoms with Gasteiger partial charge in [0.15, 0.2) is 0 Å². The molecule has 0 aliphatic carbocycles. The maximum atomic E-state index is 12.1. The van der Waals surface area contributed by atoms with Gasteiger partial charge in [-0.2, -0.15) is 0 Å². The molecule has 1 N–H and O–H groups in total. The fourth-order valence-electron chi connectivity index (χ4n) is 1.26. The Morgan fingerprint density at radius 3 is 2.53 bits per heavy atom. The minimum absolute atomic E-state index is 0.262. The molecule has 2 aromatic rings. The second kappa shape index (κ2) is 4.71. The summed E-state index contributed by atoms with van der Waals surface area (Å²) in [6.07, 6.45) is 4.15. The lowest BCUT2D eigenvalue weighted by molar-refractivity contribution is 0.601. The van der Waals surface area contributed by atoms with Crippen molar-refractivity contribution in [2.45, 2.75) is 11.8 Å². The summed E-state index contributed by atoms with van der Waals surface area (Å²) in [7, 11) is -3.57. The van der Waals surface area contributed by atoms with E-state index >= 15 is 0 Å². The van der Waals surface area contributed by atoms with Gasteiger partial charge in [0.05, 0.1) is 21.9 Å². The maximum absolute atomic E-state index is 12.1. The van der Waals surface area contributed by atoms with Crippen LogP contribution in [0.2, 0.25) is 0 Å². The van der Waals surface area contributed by atoms with E-state index in [-0.39, 0.29) is 4.90 Å². The molecule has 0 unspecified atom stereocenters. The highest BCUT2D eigenvalue weighted by Gasteiger charge is 2.19. The van der Waals surface area contributed by atoms with E-state index in [0.717, 1.165) is 8.66 Å². The third-order valence-corrected chi connectivity index (χ3v) is 5.13. The summed E-state index contributed by atoms with van der Waals surface area (Å²) in [6.45, 7) is 1.76. The van der Waals surface area contributed by atoms with Gasteiger partial charge in [-0.3, -0.25) is 4.72 Å². The molecule has 0 saturated carbocycles. The zero-order valence-corrected chi connectivity index (χ0v) is 11.9. The van der Waals surface area contributed by atoms with Gasteiger partial charge in [-0.25, -0.2) is 18.4 Å². The number of aryl methyl sites for hydroxylation is 1. The zero-order valence-electron chi connectivity index (χ0n) is 8.71. The van der Waals surface area contributed by atoms with Gasteiger partial charge < -0.3 is 0 Å². The summed E-state index contributed by atoms with van der Waals surface area (Å²) in [5, 5.41) is 0. The van der Waals surface area contributed by atoms with Gasteiger partial charge in [0.1, 0.15) is 11.2 Å². The lowest BCUT2D eigenvalue weighted by Gasteiger charge is -2.05. The van der Waals surface area contributed by atoms with Crippen LogP contribution in [0, 0.1) is 6.92 Å². The number of rotatable bonds is 3. The normalized spacial score (nSPS) is 11.4. The van der Waals surface area contributed by atoms with Crippen LogP contribution in [0.15, 0.2) is 33.5 Å². The van der Waals surface area contributed by atoms with Crippen molar-refractivity contribution in [3.63, 3.8) is 0 Å². The molecule has 0 bridgehead atoms. The topological polar surface area (TPSA) is 72.0 Å². The van der Waals surface area contributed by atoms with Crippen LogP contribution >= 0.6 is 27.3 Å². The fraction of sp³-hybridized carbons (Fsp3) is 0.111. The summed E-state index contributed by atoms with van der Waals surface area (Å²) in [5.74, 6) is 0. The van der Waals surface area contributed by atoms with Crippen molar-refractivity contribution in [1.82, 2.24) is 9.97 Å². The average Bonchev–Trinajstić information content (AvgIpc) is 2.59. The summed E-state index contributed by atoms with van der Waals surface area (Å²) in [6, 6.07) is 1.58. The van der Waals surface area contributed by atoms with Crippen LogP contribution in [-0.2, 0) is 10.0 Å². The number of aromatic nitrogens is 2. The van der Waals surface area contributed by atoms with Crippen LogP contribution in [0.5, 0.6) is 0 Å². The monoisotopic (exact) mass is 333 g/mol. The Hall–Kier alpha value is -0.990. The third kappa shape index (κ3) is 2.82. The third-order valence-electron chi connectivity index (χ3n) is 1.94. The molecule has 2 heterocycles. The van der Waals surface area contributed by atoms with Crippen molar-refractivity contribution in [3.8, 4) is 0 Å². The smallest absolute Gasteiger partial charge is 0.263 e. The van der Waals surface area contributed by atoms with Crippen LogP contribution in [0.3, 0.4) is 0 Å². The van der Waals surface area contributed by atoms with E-state index in [0.29, 0.717) is 5.69 Å². The molecule has 0 radical (unpaired) electrons. The van der Waals surface area contributed by atoms with Crippen LogP contribution in [0.1, 0.15) is 4.88 Å². The van der Waals surface area contributed by atoms with Gasteiger partial charge in [0.25, 0.3) is 10.0 Å². The molecule has 0 amide bonds. The highest BCUT2D eigenvalue weighted by molar-refractivity contribution is 9.11. The molecule has 0 aliphatic heterocycles. The predicted molar refractivity (Wildman–Crippen MR) is 69.6 cm³/mol. The summed E-state index contributed by atoms with van der Waals surface area (Å²) >= 11 is 4.64. The average molecular weight is 334 g/mol. The minimum Gasteiger partial charge on any atom is -0.276 e. The Morgan fingerprint density at radius 2 is 2.00 bits per heavy atom. The van der Waals surface area contributed by atoms with Gasteiger partial charge in [-0.05, 0) is 28.9 Å². The number of anilines is 1. The Labute approximate surface area is 111 Å². The molecule has 2 aromatic heterocycles. The van der Waals surface area contributed by atoms with Crippen molar-refractivity contribution >= 4 is 43.0 Å². The number of nitrogens with one attached hydrogen (secondary N) is 1. The number of hydrogen-bond donors (Lipinski definition) is 1. The van der Waals surface area contributed by atoms with E-state index in [4.69, 9.17) is 0 Å². The number of hydrogen-bond acceptors (Lipinski definition) is 5. The van der Waals surface area contributed by atoms with E-state index in [2.05, 4.69) is 30.6 Å². The van der Waals surface area contributed by atoms with E-state index in [9.17, 15) is 8.42 Å². The molecule has 17 heavy (non-hydrogen) atoms. The molecular weight excluding hydrogens is 326 g/mol. The Balaban J connectivity index is 2.35. The lowest BCUT2D eigenvalue weighted by atomic mass is 10.5. The van der Waals surface area contributed by atoms with Crippen molar-refractivity contribution < 1.29 is 8.42 Å². The highest BCUT2D eigenvalue weighted by Crippen LogP contribution is 2.30. The maximum Gasteiger partial charge on any atom is 0.263 e. The standard InChI is InChI=1S/C9H8BrN3O2S2/c1-6-8(2-9(10)16-6)17(14,15)13-7-3-11-5-12-4-7/h2-5,13H,1H3. The second-order valence-corrected chi connectivity index (χ2v) is 7.49. The minimum atomic E-state index is -3.57. The van der Waals surface area contributed by atoms with Gasteiger partial charge in [0, 0.05) is 4.88 Å². The summed E-state index contributed by atoms with van der Waals surface area (Å²) in [4.78, 5) is 8.48. The SMILES string of the molecule is Cc1sc(Br)cc1S(=O)(=O)Nc1cncnc1. The molecule has 0 aromatic carbocycles. The Kier molecular flexibility index (Phi) is 3.45. The molecule has 90 valence electrons. The molecule has 0 atom stereocenters. The van der Waals surface area contributed by atoms with Gasteiger partial charge in [-0.15, -0.1) is 11.3 Å². The van der Waals surface area contributed by atoms with Gasteiger partial charge >= 0.3 is 0 Å². The zero-order chi connectivity index (χ0) is 12.5. The lowest BCUT2D eigenvalue weighted by Crippen LogP contribution is -2.13. The molecule has 0 fully saturated rings. The summed E-state index contributed by atoms with van der Waals surface area (Å²) < 4.78 is 27.3. The fourth-order valence-corrected chi connectivity index (χ4v) is 4.70. The molecule has 2 rings (SSSR count). The van der Waals surface area contributed by atoms with Crippen LogP contribution in [0.25, 0.3) is 0 Å². The van der Waals surface area contributed by atoms with Crippen LogP contribution in [-0.4, -0.2) is 18.4 Å². The molecule has 0 saturated heterocycles. The van der Waals surface area contributed by atoms with Crippen molar-refractivity contribution in [1.29, 1.82) is 0 Å².